The van der Waals surface area contributed by atoms with Crippen molar-refractivity contribution in [3.63, 3.8) is 0 Å². The molecule has 2 heterocycles. The zero-order chi connectivity index (χ0) is 23.4. The van der Waals surface area contributed by atoms with Crippen molar-refractivity contribution in [3.05, 3.63) is 84.0 Å². The first-order chi connectivity index (χ1) is 16.0. The molecule has 1 aliphatic heterocycles. The monoisotopic (exact) mass is 447 g/mol. The molecule has 33 heavy (non-hydrogen) atoms. The van der Waals surface area contributed by atoms with Crippen LogP contribution in [0.25, 0.3) is 5.76 Å². The predicted octanol–water partition coefficient (Wildman–Crippen LogP) is 3.41. The van der Waals surface area contributed by atoms with Crippen LogP contribution in [0.5, 0.6) is 11.5 Å². The van der Waals surface area contributed by atoms with Crippen LogP contribution < -0.4 is 9.47 Å². The molecule has 3 aromatic rings. The van der Waals surface area contributed by atoms with Crippen molar-refractivity contribution in [1.29, 1.82) is 0 Å². The third-order valence-electron chi connectivity index (χ3n) is 5.67. The highest BCUT2D eigenvalue weighted by Gasteiger charge is 2.45. The Hall–Kier alpha value is -4.07. The summed E-state index contributed by atoms with van der Waals surface area (Å²) in [6.45, 7) is 0.975. The number of carbonyl (C=O) groups is 2. The molecule has 1 aromatic heterocycles. The lowest BCUT2D eigenvalue weighted by Crippen LogP contribution is -2.31. The predicted molar refractivity (Wildman–Crippen MR) is 122 cm³/mol. The van der Waals surface area contributed by atoms with Crippen LogP contribution in [-0.4, -0.2) is 52.0 Å². The van der Waals surface area contributed by atoms with E-state index in [2.05, 4.69) is 4.98 Å². The zero-order valence-electron chi connectivity index (χ0n) is 18.5. The lowest BCUT2D eigenvalue weighted by molar-refractivity contribution is -0.139. The van der Waals surface area contributed by atoms with Gasteiger partial charge in [-0.05, 0) is 36.2 Å². The lowest BCUT2D eigenvalue weighted by Gasteiger charge is -2.25. The Morgan fingerprint density at radius 3 is 2.45 bits per heavy atom. The fourth-order valence-electron chi connectivity index (χ4n) is 4.04. The fraction of sp³-hybridized carbons (Fsp3) is 0.240. The summed E-state index contributed by atoms with van der Waals surface area (Å²) in [4.78, 5) is 31.7. The minimum absolute atomic E-state index is 0.0455. The number of imidazole rings is 1. The number of aryl methyl sites for hydroxylation is 1. The molecule has 0 aliphatic carbocycles. The van der Waals surface area contributed by atoms with E-state index in [0.717, 1.165) is 0 Å². The van der Waals surface area contributed by atoms with E-state index in [0.29, 0.717) is 42.1 Å². The summed E-state index contributed by atoms with van der Waals surface area (Å²) in [5.41, 5.74) is 1.13. The van der Waals surface area contributed by atoms with Crippen LogP contribution in [0.2, 0.25) is 0 Å². The third-order valence-corrected chi connectivity index (χ3v) is 5.67. The number of methoxy groups -OCH3 is 2. The van der Waals surface area contributed by atoms with E-state index >= 15 is 0 Å². The maximum absolute atomic E-state index is 13.1. The number of ketones is 1. The van der Waals surface area contributed by atoms with E-state index < -0.39 is 17.7 Å². The highest BCUT2D eigenvalue weighted by Crippen LogP contribution is 2.40. The molecule has 0 spiro atoms. The molecule has 1 aliphatic rings. The van der Waals surface area contributed by atoms with Crippen molar-refractivity contribution < 1.29 is 24.2 Å². The lowest BCUT2D eigenvalue weighted by atomic mass is 9.95. The van der Waals surface area contributed by atoms with Gasteiger partial charge in [0.25, 0.3) is 11.7 Å². The van der Waals surface area contributed by atoms with E-state index in [4.69, 9.17) is 9.47 Å². The molecule has 170 valence electrons. The summed E-state index contributed by atoms with van der Waals surface area (Å²) in [5.74, 6) is -0.467. The second-order valence-corrected chi connectivity index (χ2v) is 7.66. The summed E-state index contributed by atoms with van der Waals surface area (Å²) >= 11 is 0. The standard InChI is InChI=1S/C25H25N3O5/c1-32-19-8-3-6-17(14-19)22-21(23(29)18-7-4-9-20(15-18)33-2)24(30)25(31)28(22)12-5-11-27-13-10-26-16-27/h3-4,6-10,13-16,22,29H,5,11-12H2,1-2H3/b23-21-. The van der Waals surface area contributed by atoms with E-state index in [9.17, 15) is 14.7 Å². The number of ether oxygens (including phenoxy) is 2. The molecule has 2 aromatic carbocycles. The summed E-state index contributed by atoms with van der Waals surface area (Å²) in [6.07, 6.45) is 5.85. The molecule has 1 fully saturated rings. The molecule has 1 N–H and O–H groups in total. The first-order valence-corrected chi connectivity index (χ1v) is 10.6. The van der Waals surface area contributed by atoms with E-state index in [1.807, 2.05) is 16.8 Å². The van der Waals surface area contributed by atoms with E-state index in [1.165, 1.54) is 12.0 Å². The SMILES string of the molecule is COc1cccc(/C(O)=C2/C(=O)C(=O)N(CCCn3ccnc3)C2c2cccc(OC)c2)c1. The molecular formula is C25H25N3O5. The number of aromatic nitrogens is 2. The van der Waals surface area contributed by atoms with Gasteiger partial charge in [0, 0.05) is 31.0 Å². The summed E-state index contributed by atoms with van der Waals surface area (Å²) < 4.78 is 12.5. The van der Waals surface area contributed by atoms with Crippen LogP contribution in [0.4, 0.5) is 0 Å². The van der Waals surface area contributed by atoms with Crippen molar-refractivity contribution in [2.24, 2.45) is 0 Å². The van der Waals surface area contributed by atoms with Crippen LogP contribution in [-0.2, 0) is 16.1 Å². The Morgan fingerprint density at radius 2 is 1.76 bits per heavy atom. The van der Waals surface area contributed by atoms with Gasteiger partial charge in [0.2, 0.25) is 0 Å². The Morgan fingerprint density at radius 1 is 1.03 bits per heavy atom. The summed E-state index contributed by atoms with van der Waals surface area (Å²) in [5, 5.41) is 11.2. The topological polar surface area (TPSA) is 93.9 Å². The van der Waals surface area contributed by atoms with E-state index in [-0.39, 0.29) is 11.3 Å². The van der Waals surface area contributed by atoms with Gasteiger partial charge in [0.1, 0.15) is 17.3 Å². The molecule has 1 unspecified atom stereocenters. The molecule has 4 rings (SSSR count). The van der Waals surface area contributed by atoms with Gasteiger partial charge in [0.05, 0.1) is 32.2 Å². The van der Waals surface area contributed by atoms with Crippen molar-refractivity contribution in [3.8, 4) is 11.5 Å². The van der Waals surface area contributed by atoms with Crippen LogP contribution >= 0.6 is 0 Å². The fourth-order valence-corrected chi connectivity index (χ4v) is 4.04. The van der Waals surface area contributed by atoms with Crippen molar-refractivity contribution in [2.45, 2.75) is 19.0 Å². The maximum Gasteiger partial charge on any atom is 0.295 e. The number of aliphatic hydroxyl groups is 1. The molecule has 1 amide bonds. The van der Waals surface area contributed by atoms with Gasteiger partial charge in [0.15, 0.2) is 0 Å². The number of hydrogen-bond donors (Lipinski definition) is 1. The number of rotatable bonds is 8. The van der Waals surface area contributed by atoms with Gasteiger partial charge in [-0.3, -0.25) is 9.59 Å². The van der Waals surface area contributed by atoms with Crippen LogP contribution in [0.3, 0.4) is 0 Å². The van der Waals surface area contributed by atoms with Gasteiger partial charge >= 0.3 is 0 Å². The minimum Gasteiger partial charge on any atom is -0.507 e. The number of benzene rings is 2. The first kappa shape index (κ1) is 22.1. The molecule has 1 saturated heterocycles. The Balaban J connectivity index is 1.76. The average molecular weight is 447 g/mol. The molecule has 0 bridgehead atoms. The van der Waals surface area contributed by atoms with Crippen LogP contribution in [0, 0.1) is 0 Å². The molecule has 0 saturated carbocycles. The minimum atomic E-state index is -0.742. The first-order valence-electron chi connectivity index (χ1n) is 10.6. The number of nitrogens with zero attached hydrogens (tertiary/aromatic N) is 3. The maximum atomic E-state index is 13.1. The van der Waals surface area contributed by atoms with Crippen molar-refractivity contribution >= 4 is 17.4 Å². The number of Topliss-reactive ketones (excluding diaryl/α,β-unsaturated/α-hetero) is 1. The quantitative estimate of drug-likeness (QED) is 0.323. The molecule has 8 nitrogen and oxygen atoms in total. The van der Waals surface area contributed by atoms with Gasteiger partial charge < -0.3 is 24.0 Å². The molecule has 8 heteroatoms. The zero-order valence-corrected chi connectivity index (χ0v) is 18.5. The molecular weight excluding hydrogens is 422 g/mol. The average Bonchev–Trinajstić information content (AvgIpc) is 3.46. The largest absolute Gasteiger partial charge is 0.507 e. The smallest absolute Gasteiger partial charge is 0.295 e. The highest BCUT2D eigenvalue weighted by molar-refractivity contribution is 6.46. The van der Waals surface area contributed by atoms with Gasteiger partial charge in [-0.15, -0.1) is 0 Å². The highest BCUT2D eigenvalue weighted by atomic mass is 16.5. The van der Waals surface area contributed by atoms with Crippen molar-refractivity contribution in [1.82, 2.24) is 14.5 Å². The second-order valence-electron chi connectivity index (χ2n) is 7.66. The third kappa shape index (κ3) is 4.45. The Labute approximate surface area is 191 Å². The summed E-state index contributed by atoms with van der Waals surface area (Å²) in [7, 11) is 3.08. The Bertz CT molecular complexity index is 1190. The normalized spacial score (nSPS) is 17.4. The van der Waals surface area contributed by atoms with Gasteiger partial charge in [-0.25, -0.2) is 4.98 Å². The number of likely N-dealkylation sites (tertiary alicyclic amines) is 1. The number of aliphatic hydroxyl groups excluding tert-OH is 1. The Kier molecular flexibility index (Phi) is 6.44. The van der Waals surface area contributed by atoms with Crippen LogP contribution in [0.15, 0.2) is 72.8 Å². The van der Waals surface area contributed by atoms with E-state index in [1.54, 1.807) is 62.1 Å². The van der Waals surface area contributed by atoms with Gasteiger partial charge in [-0.2, -0.15) is 0 Å². The summed E-state index contributed by atoms with van der Waals surface area (Å²) in [6, 6.07) is 13.2. The molecule has 1 atom stereocenters. The van der Waals surface area contributed by atoms with Crippen molar-refractivity contribution in [2.75, 3.05) is 20.8 Å². The molecule has 0 radical (unpaired) electrons. The second kappa shape index (κ2) is 9.60. The van der Waals surface area contributed by atoms with Crippen LogP contribution in [0.1, 0.15) is 23.6 Å². The number of carbonyl (C=O) groups excluding carboxylic acids is 2. The number of amides is 1. The number of hydrogen-bond acceptors (Lipinski definition) is 6. The van der Waals surface area contributed by atoms with Gasteiger partial charge in [-0.1, -0.05) is 24.3 Å².